The molecule has 0 saturated carbocycles. The highest BCUT2D eigenvalue weighted by Gasteiger charge is 2.23. The molecule has 0 radical (unpaired) electrons. The molecule has 2 aromatic carbocycles. The number of ether oxygens (including phenoxy) is 1. The number of thioether (sulfide) groups is 1. The summed E-state index contributed by atoms with van der Waals surface area (Å²) in [7, 11) is 1.67. The predicted molar refractivity (Wildman–Crippen MR) is 136 cm³/mol. The van der Waals surface area contributed by atoms with Crippen molar-refractivity contribution in [2.24, 2.45) is 0 Å². The van der Waals surface area contributed by atoms with Crippen LogP contribution in [0.2, 0.25) is 0 Å². The van der Waals surface area contributed by atoms with Gasteiger partial charge in [0.25, 0.3) is 0 Å². The summed E-state index contributed by atoms with van der Waals surface area (Å²) in [6, 6.07) is 19.9. The zero-order valence-corrected chi connectivity index (χ0v) is 20.6. The van der Waals surface area contributed by atoms with E-state index >= 15 is 0 Å². The van der Waals surface area contributed by atoms with Crippen LogP contribution in [0.4, 0.5) is 5.69 Å². The third kappa shape index (κ3) is 5.05. The molecule has 1 aliphatic heterocycles. The summed E-state index contributed by atoms with van der Waals surface area (Å²) in [5.74, 6) is 2.48. The Balaban J connectivity index is 1.25. The number of benzene rings is 2. The molecule has 0 spiro atoms. The van der Waals surface area contributed by atoms with Crippen LogP contribution < -0.4 is 9.64 Å². The number of methoxy groups -OCH3 is 1. The van der Waals surface area contributed by atoms with Crippen molar-refractivity contribution >= 4 is 23.4 Å². The van der Waals surface area contributed by atoms with Crippen molar-refractivity contribution in [3.63, 3.8) is 0 Å². The highest BCUT2D eigenvalue weighted by atomic mass is 32.2. The monoisotopic (exact) mass is 489 g/mol. The first-order valence-corrected chi connectivity index (χ1v) is 12.5. The van der Waals surface area contributed by atoms with Crippen LogP contribution >= 0.6 is 11.8 Å². The number of aryl methyl sites for hydroxylation is 1. The van der Waals surface area contributed by atoms with Crippen molar-refractivity contribution in [2.45, 2.75) is 12.1 Å². The first-order valence-electron chi connectivity index (χ1n) is 11.5. The standard InChI is InChI=1S/C26H27N5O3S/c1-19-5-7-21(8-6-19)31-25(23-4-3-17-34-23)27-28-26(31)35-18-24(32)30-15-13-29(14-16-30)20-9-11-22(33-2)12-10-20/h3-12,17H,13-16,18H2,1-2H3. The molecule has 0 unspecified atom stereocenters. The van der Waals surface area contributed by atoms with E-state index < -0.39 is 0 Å². The van der Waals surface area contributed by atoms with E-state index in [-0.39, 0.29) is 5.91 Å². The number of rotatable bonds is 7. The van der Waals surface area contributed by atoms with Gasteiger partial charge in [0.2, 0.25) is 11.7 Å². The molecule has 1 saturated heterocycles. The molecule has 180 valence electrons. The van der Waals surface area contributed by atoms with Crippen molar-refractivity contribution in [1.29, 1.82) is 0 Å². The van der Waals surface area contributed by atoms with Gasteiger partial charge in [-0.25, -0.2) is 0 Å². The first kappa shape index (κ1) is 23.0. The van der Waals surface area contributed by atoms with E-state index in [0.29, 0.717) is 35.6 Å². The lowest BCUT2D eigenvalue weighted by atomic mass is 10.2. The third-order valence-electron chi connectivity index (χ3n) is 6.06. The van der Waals surface area contributed by atoms with E-state index in [9.17, 15) is 4.79 Å². The molecule has 8 nitrogen and oxygen atoms in total. The van der Waals surface area contributed by atoms with Gasteiger partial charge in [-0.1, -0.05) is 29.5 Å². The maximum atomic E-state index is 13.0. The molecule has 1 aliphatic rings. The van der Waals surface area contributed by atoms with E-state index in [4.69, 9.17) is 9.15 Å². The Morgan fingerprint density at radius 3 is 2.34 bits per heavy atom. The molecule has 0 N–H and O–H groups in total. The summed E-state index contributed by atoms with van der Waals surface area (Å²) in [5.41, 5.74) is 3.23. The molecule has 0 aliphatic carbocycles. The maximum Gasteiger partial charge on any atom is 0.233 e. The smallest absolute Gasteiger partial charge is 0.233 e. The van der Waals surface area contributed by atoms with Crippen LogP contribution in [0.5, 0.6) is 5.75 Å². The Hall–Kier alpha value is -3.72. The van der Waals surface area contributed by atoms with Gasteiger partial charge in [-0.15, -0.1) is 10.2 Å². The molecule has 2 aromatic heterocycles. The fourth-order valence-electron chi connectivity index (χ4n) is 4.08. The van der Waals surface area contributed by atoms with E-state index in [2.05, 4.69) is 27.2 Å². The minimum atomic E-state index is 0.0994. The fraction of sp³-hybridized carbons (Fsp3) is 0.269. The van der Waals surface area contributed by atoms with Gasteiger partial charge in [-0.2, -0.15) is 0 Å². The van der Waals surface area contributed by atoms with Gasteiger partial charge in [-0.05, 0) is 55.5 Å². The van der Waals surface area contributed by atoms with Crippen LogP contribution in [0.3, 0.4) is 0 Å². The van der Waals surface area contributed by atoms with Gasteiger partial charge in [-0.3, -0.25) is 9.36 Å². The number of carbonyl (C=O) groups excluding carboxylic acids is 1. The lowest BCUT2D eigenvalue weighted by Gasteiger charge is -2.36. The lowest BCUT2D eigenvalue weighted by Crippen LogP contribution is -2.49. The average Bonchev–Trinajstić information content (AvgIpc) is 3.58. The fourth-order valence-corrected chi connectivity index (χ4v) is 4.93. The highest BCUT2D eigenvalue weighted by molar-refractivity contribution is 7.99. The summed E-state index contributed by atoms with van der Waals surface area (Å²) < 4.78 is 12.8. The van der Waals surface area contributed by atoms with Crippen LogP contribution in [0.25, 0.3) is 17.3 Å². The van der Waals surface area contributed by atoms with Crippen molar-refractivity contribution in [3.05, 3.63) is 72.5 Å². The van der Waals surface area contributed by atoms with Gasteiger partial charge in [0.1, 0.15) is 5.75 Å². The Labute approximate surface area is 208 Å². The van der Waals surface area contributed by atoms with Crippen LogP contribution in [-0.2, 0) is 4.79 Å². The molecular weight excluding hydrogens is 462 g/mol. The largest absolute Gasteiger partial charge is 0.497 e. The predicted octanol–water partition coefficient (Wildman–Crippen LogP) is 4.29. The molecule has 0 atom stereocenters. The molecule has 1 fully saturated rings. The highest BCUT2D eigenvalue weighted by Crippen LogP contribution is 2.29. The molecule has 9 heteroatoms. The van der Waals surface area contributed by atoms with Gasteiger partial charge >= 0.3 is 0 Å². The van der Waals surface area contributed by atoms with Gasteiger partial charge < -0.3 is 19.0 Å². The van der Waals surface area contributed by atoms with Crippen LogP contribution in [0, 0.1) is 6.92 Å². The second-order valence-electron chi connectivity index (χ2n) is 8.31. The van der Waals surface area contributed by atoms with Crippen LogP contribution in [0.15, 0.2) is 76.5 Å². The number of nitrogens with zero attached hydrogens (tertiary/aromatic N) is 5. The SMILES string of the molecule is COc1ccc(N2CCN(C(=O)CSc3nnc(-c4ccco4)n3-c3ccc(C)cc3)CC2)cc1. The van der Waals surface area contributed by atoms with Crippen molar-refractivity contribution in [2.75, 3.05) is 43.9 Å². The molecular formula is C26H27N5O3S. The summed E-state index contributed by atoms with van der Waals surface area (Å²) in [6.45, 7) is 5.02. The maximum absolute atomic E-state index is 13.0. The number of furan rings is 1. The number of piperazine rings is 1. The molecule has 1 amide bonds. The number of aromatic nitrogens is 3. The first-order chi connectivity index (χ1) is 17.1. The number of hydrogen-bond acceptors (Lipinski definition) is 7. The van der Waals surface area contributed by atoms with Gasteiger partial charge in [0, 0.05) is 37.6 Å². The van der Waals surface area contributed by atoms with Crippen molar-refractivity contribution < 1.29 is 13.9 Å². The Morgan fingerprint density at radius 1 is 0.971 bits per heavy atom. The Kier molecular flexibility index (Phi) is 6.76. The molecule has 5 rings (SSSR count). The van der Waals surface area contributed by atoms with Gasteiger partial charge in [0.15, 0.2) is 10.9 Å². The van der Waals surface area contributed by atoms with E-state index in [1.165, 1.54) is 17.3 Å². The molecule has 35 heavy (non-hydrogen) atoms. The Morgan fingerprint density at radius 2 is 1.69 bits per heavy atom. The average molecular weight is 490 g/mol. The summed E-state index contributed by atoms with van der Waals surface area (Å²) in [5, 5.41) is 9.40. The summed E-state index contributed by atoms with van der Waals surface area (Å²) >= 11 is 1.40. The minimum absolute atomic E-state index is 0.0994. The van der Waals surface area contributed by atoms with Crippen LogP contribution in [0.1, 0.15) is 5.56 Å². The molecule has 4 aromatic rings. The quantitative estimate of drug-likeness (QED) is 0.359. The van der Waals surface area contributed by atoms with Crippen molar-refractivity contribution in [1.82, 2.24) is 19.7 Å². The zero-order chi connectivity index (χ0) is 24.2. The Bertz CT molecular complexity index is 1260. The van der Waals surface area contributed by atoms with Crippen molar-refractivity contribution in [3.8, 4) is 23.0 Å². The molecule has 3 heterocycles. The number of anilines is 1. The van der Waals surface area contributed by atoms with E-state index in [0.717, 1.165) is 30.2 Å². The topological polar surface area (TPSA) is 76.6 Å². The second kappa shape index (κ2) is 10.3. The number of hydrogen-bond donors (Lipinski definition) is 0. The number of carbonyl (C=O) groups is 1. The lowest BCUT2D eigenvalue weighted by molar-refractivity contribution is -0.128. The minimum Gasteiger partial charge on any atom is -0.497 e. The van der Waals surface area contributed by atoms with E-state index in [1.807, 2.05) is 64.9 Å². The normalized spacial score (nSPS) is 13.8. The second-order valence-corrected chi connectivity index (χ2v) is 9.25. The number of amides is 1. The summed E-state index contributed by atoms with van der Waals surface area (Å²) in [4.78, 5) is 17.2. The summed E-state index contributed by atoms with van der Waals surface area (Å²) in [6.07, 6.45) is 1.62. The zero-order valence-electron chi connectivity index (χ0n) is 19.8. The van der Waals surface area contributed by atoms with Crippen LogP contribution in [-0.4, -0.2) is 64.6 Å². The van der Waals surface area contributed by atoms with E-state index in [1.54, 1.807) is 13.4 Å². The molecule has 0 bridgehead atoms. The third-order valence-corrected chi connectivity index (χ3v) is 6.98. The van der Waals surface area contributed by atoms with Gasteiger partial charge in [0.05, 0.1) is 19.1 Å².